The molecule has 39 heteroatoms. The number of hydrogen-bond donors (Lipinski definition) is 10. The number of hydrogen-bond acceptors (Lipinski definition) is 35. The lowest BCUT2D eigenvalue weighted by molar-refractivity contribution is 0.0533. The highest BCUT2D eigenvalue weighted by Gasteiger charge is 2.32. The monoisotopic (exact) mass is 1940 g/mol. The van der Waals surface area contributed by atoms with Gasteiger partial charge in [0.05, 0.1) is 41.7 Å². The molecule has 0 spiro atoms. The summed E-state index contributed by atoms with van der Waals surface area (Å²) in [6.07, 6.45) is 8.89. The molecule has 11 rings (SSSR count). The molecule has 3 fully saturated rings. The Labute approximate surface area is 836 Å². The first-order valence-electron chi connectivity index (χ1n) is 47.4. The minimum atomic E-state index is -0.375. The van der Waals surface area contributed by atoms with Crippen LogP contribution in [-0.2, 0) is 19.4 Å². The van der Waals surface area contributed by atoms with Crippen LogP contribution < -0.4 is 82.9 Å². The van der Waals surface area contributed by atoms with Crippen LogP contribution in [0, 0.1) is 101 Å². The van der Waals surface area contributed by atoms with Gasteiger partial charge in [0.25, 0.3) is 23.6 Å². The van der Waals surface area contributed by atoms with Crippen LogP contribution in [-0.4, -0.2) is 247 Å². The van der Waals surface area contributed by atoms with Crippen LogP contribution in [0.4, 0.5) is 81.2 Å². The Balaban J connectivity index is 0.000000337. The van der Waals surface area contributed by atoms with E-state index >= 15 is 0 Å². The summed E-state index contributed by atoms with van der Waals surface area (Å²) in [5, 5.41) is 59.6. The molecule has 0 saturated carbocycles. The van der Waals surface area contributed by atoms with Crippen LogP contribution in [0.15, 0.2) is 72.8 Å². The number of carbonyl (C=O) groups excluding carboxylic acids is 4. The molecule has 39 nitrogen and oxygen atoms in total. The molecule has 3 atom stereocenters. The maximum absolute atomic E-state index is 12.3. The Morgan fingerprint density at radius 3 is 1.03 bits per heavy atom. The number of anilines is 14. The highest BCUT2D eigenvalue weighted by atomic mass is 16.7. The van der Waals surface area contributed by atoms with E-state index in [0.717, 1.165) is 87.1 Å². The minimum absolute atomic E-state index is 0. The van der Waals surface area contributed by atoms with Gasteiger partial charge in [-0.05, 0) is 212 Å². The first kappa shape index (κ1) is 113. The van der Waals surface area contributed by atoms with E-state index in [-0.39, 0.29) is 61.6 Å². The third kappa shape index (κ3) is 34.1. The third-order valence-electron chi connectivity index (χ3n) is 23.2. The molecule has 3 aliphatic heterocycles. The van der Waals surface area contributed by atoms with Crippen LogP contribution in [0.3, 0.4) is 0 Å². The van der Waals surface area contributed by atoms with Crippen LogP contribution >= 0.6 is 0 Å². The first-order chi connectivity index (χ1) is 66.6. The number of nitrogens with zero attached hydrogens (tertiary/aromatic N) is 19. The van der Waals surface area contributed by atoms with E-state index in [4.69, 9.17) is 38.8 Å². The maximum atomic E-state index is 12.3. The van der Waals surface area contributed by atoms with Crippen molar-refractivity contribution in [2.24, 2.45) is 27.6 Å². The number of likely N-dealkylation sites (tertiary alicyclic amines) is 3. The van der Waals surface area contributed by atoms with Crippen molar-refractivity contribution in [1.82, 2.24) is 76.5 Å². The Hall–Kier alpha value is -13.6. The molecular formula is C102H153N29O10. The zero-order chi connectivity index (χ0) is 104. The molecule has 3 aliphatic rings. The highest BCUT2D eigenvalue weighted by Crippen LogP contribution is 2.38. The maximum Gasteiger partial charge on any atom is 0.320 e. The fourth-order valence-corrected chi connectivity index (χ4v) is 16.7. The van der Waals surface area contributed by atoms with E-state index in [0.29, 0.717) is 183 Å². The van der Waals surface area contributed by atoms with Gasteiger partial charge in [-0.25, -0.2) is 21.9 Å². The van der Waals surface area contributed by atoms with E-state index in [2.05, 4.69) is 227 Å². The fourth-order valence-electron chi connectivity index (χ4n) is 16.7. The lowest BCUT2D eigenvalue weighted by Crippen LogP contribution is -2.35. The van der Waals surface area contributed by atoms with Crippen LogP contribution in [0.5, 0.6) is 12.0 Å². The number of aryl methyl sites for hydroxylation is 4. The number of rotatable bonds is 36. The lowest BCUT2D eigenvalue weighted by atomic mass is 9.96. The fraction of sp³-hybridized carbons (Fsp3) is 0.529. The second-order valence-corrected chi connectivity index (χ2v) is 40.8. The zero-order valence-electron chi connectivity index (χ0n) is 87.7. The summed E-state index contributed by atoms with van der Waals surface area (Å²) in [5.41, 5.74) is 18.4. The number of amides is 4. The van der Waals surface area contributed by atoms with Crippen LogP contribution in [0.2, 0.25) is 0 Å². The molecule has 766 valence electrons. The molecule has 7 heterocycles. The summed E-state index contributed by atoms with van der Waals surface area (Å²) in [6.45, 7) is 42.0. The largest absolute Gasteiger partial charge is 0.463 e. The first-order valence-corrected chi connectivity index (χ1v) is 47.4. The van der Waals surface area contributed by atoms with Gasteiger partial charge in [-0.3, -0.25) is 38.5 Å². The Morgan fingerprint density at radius 2 is 0.723 bits per heavy atom. The predicted molar refractivity (Wildman–Crippen MR) is 560 cm³/mol. The number of hydroxylamine groups is 4. The zero-order valence-corrected chi connectivity index (χ0v) is 87.7. The molecule has 3 saturated heterocycles. The molecule has 3 unspecified atom stereocenters. The average molecular weight is 1950 g/mol. The van der Waals surface area contributed by atoms with Gasteiger partial charge in [0, 0.05) is 142 Å². The van der Waals surface area contributed by atoms with Crippen molar-refractivity contribution < 1.29 is 52.3 Å². The quantitative estimate of drug-likeness (QED) is 0.0163. The Bertz CT molecular complexity index is 5610. The van der Waals surface area contributed by atoms with Crippen molar-refractivity contribution in [2.75, 3.05) is 208 Å². The van der Waals surface area contributed by atoms with Crippen molar-refractivity contribution >= 4 is 105 Å². The number of benzene rings is 4. The smallest absolute Gasteiger partial charge is 0.320 e. The van der Waals surface area contributed by atoms with Crippen molar-refractivity contribution in [3.05, 3.63) is 140 Å². The summed E-state index contributed by atoms with van der Waals surface area (Å²) in [6, 6.07) is 31.5. The van der Waals surface area contributed by atoms with E-state index in [9.17, 15) is 40.2 Å². The normalized spacial score (nSPS) is 14.8. The predicted octanol–water partition coefficient (Wildman–Crippen LogP) is 16.0. The average Bonchev–Trinajstić information content (AvgIpc) is 0.819. The van der Waals surface area contributed by atoms with Gasteiger partial charge in [-0.1, -0.05) is 107 Å². The number of aromatic nitrogens is 8. The van der Waals surface area contributed by atoms with Gasteiger partial charge in [0.2, 0.25) is 11.9 Å². The van der Waals surface area contributed by atoms with Gasteiger partial charge in [-0.15, -0.1) is 0 Å². The number of piperidine rings is 1. The molecule has 141 heavy (non-hydrogen) atoms. The number of nitriles is 4. The van der Waals surface area contributed by atoms with Crippen molar-refractivity contribution in [2.45, 2.75) is 174 Å². The topological polar surface area (TPSA) is 465 Å². The summed E-state index contributed by atoms with van der Waals surface area (Å²) in [5.74, 6) is 3.24. The molecule has 4 aromatic carbocycles. The lowest BCUT2D eigenvalue weighted by Gasteiger charge is -2.30. The van der Waals surface area contributed by atoms with Gasteiger partial charge < -0.3 is 75.7 Å². The molecule has 0 aliphatic carbocycles. The van der Waals surface area contributed by atoms with Gasteiger partial charge in [0.1, 0.15) is 46.5 Å². The van der Waals surface area contributed by atoms with Crippen LogP contribution in [0.25, 0.3) is 0 Å². The third-order valence-corrected chi connectivity index (χ3v) is 23.2. The van der Waals surface area contributed by atoms with Gasteiger partial charge in [-0.2, -0.15) is 60.9 Å². The highest BCUT2D eigenvalue weighted by molar-refractivity contribution is 5.97. The standard InChI is InChI=1S/C27H40N8O2.2C27H39N7O3.C21H29N7O2.3H2/c1-18-10-11-19(25(36)33-37-7)15-22(18)30-23-21(16-28)24(35(6)17-27(2,3)4)32-26(31-23)29-13-12-20-9-8-14-34(20)5;1-18-10-11-19(25(35)32-36-7)15-22(18)29-23-21(16-28)24(34(6)17-27(2,3)4)31-26(30-23)37-14-12-20-9-8-13-33(20)5;1-18-10-11-20(25(35)32-36-7)13-22(18)29-23-21(14-28)24(34(6)17-27(2,3)4)31-26(30-23)37-16-19-9-8-12-33(5)15-19;1-13-8-9-14(19(29)27-30-7)10-16(13)24-17-15(11-22)18(26-20(23-5)25-17)28(6)12-21(2,3)4;;;/h10-11,15,20H,8-9,12-14,17H2,1-7H3,(H,33,36)(H2,29,30,31,32);10-11,15,20H,8-9,12-14,17H2,1-7H3,(H,32,35)(H,29,30,31);10-11,13,19H,8-9,12,15-17H2,1-7H3,(H,32,35)(H,29,30,31);8-10H,12H2,1-7H3,(H,27,29)(H2,23,24,25,26);3*1H. The molecule has 4 amide bonds. The number of carbonyl (C=O) groups is 4. The Kier molecular flexibility index (Phi) is 41.6. The molecule has 0 bridgehead atoms. The SMILES string of the molecule is CNc1nc(Nc2cc(C(=O)NOC)ccc2C)c(C#N)c(N(C)CC(C)(C)C)n1.CONC(=O)c1ccc(C)c(Nc2nc(NCCC3CCCN3C)nc(N(C)CC(C)(C)C)c2C#N)c1.CONC(=O)c1ccc(C)c(Nc2nc(OCC3CCCN(C)C3)nc(N(C)CC(C)(C)C)c2C#N)c1.CONC(=O)c1ccc(C)c(Nc2nc(OCCC3CCCN3C)nc(N(C)CC(C)(C)C)c2C#N)c1.[HH].[HH].[HH]. The summed E-state index contributed by atoms with van der Waals surface area (Å²) in [7, 11) is 21.3. The second kappa shape index (κ2) is 52.0. The van der Waals surface area contributed by atoms with Crippen LogP contribution in [0.1, 0.15) is 225 Å². The number of nitrogens with one attached hydrogen (secondary N) is 10. The van der Waals surface area contributed by atoms with E-state index in [1.54, 1.807) is 55.6 Å². The molecule has 8 aromatic rings. The summed E-state index contributed by atoms with van der Waals surface area (Å²) < 4.78 is 12.1. The van der Waals surface area contributed by atoms with E-state index < -0.39 is 0 Å². The molecular weight excluding hydrogens is 1790 g/mol. The van der Waals surface area contributed by atoms with Gasteiger partial charge >= 0.3 is 12.0 Å². The molecule has 10 N–H and O–H groups in total. The number of ether oxygens (including phenoxy) is 2. The van der Waals surface area contributed by atoms with E-state index in [1.165, 1.54) is 47.7 Å². The summed E-state index contributed by atoms with van der Waals surface area (Å²) in [4.78, 5) is 120. The van der Waals surface area contributed by atoms with E-state index in [1.807, 2.05) is 99.8 Å². The molecule has 0 radical (unpaired) electrons. The second-order valence-electron chi connectivity index (χ2n) is 40.8. The van der Waals surface area contributed by atoms with Gasteiger partial charge in [0.15, 0.2) is 46.5 Å². The molecule has 4 aromatic heterocycles. The minimum Gasteiger partial charge on any atom is -0.463 e. The van der Waals surface area contributed by atoms with Crippen molar-refractivity contribution in [3.8, 4) is 36.3 Å². The van der Waals surface area contributed by atoms with Crippen molar-refractivity contribution in [1.29, 1.82) is 21.0 Å². The summed E-state index contributed by atoms with van der Waals surface area (Å²) >= 11 is 0. The van der Waals surface area contributed by atoms with Crippen molar-refractivity contribution in [3.63, 3.8) is 0 Å². The Morgan fingerprint density at radius 1 is 0.418 bits per heavy atom.